The van der Waals surface area contributed by atoms with Gasteiger partial charge in [-0.15, -0.1) is 0 Å². The van der Waals surface area contributed by atoms with Gasteiger partial charge in [0.1, 0.15) is 5.75 Å². The molecule has 1 aliphatic rings. The zero-order valence-electron chi connectivity index (χ0n) is 8.99. The van der Waals surface area contributed by atoms with E-state index in [2.05, 4.69) is 55.8 Å². The molecule has 0 N–H and O–H groups in total. The van der Waals surface area contributed by atoms with Crippen molar-refractivity contribution in [2.75, 3.05) is 6.61 Å². The second-order valence-corrected chi connectivity index (χ2v) is 6.17. The number of hydrogen-bond donors (Lipinski definition) is 0. The third-order valence-electron chi connectivity index (χ3n) is 2.76. The van der Waals surface area contributed by atoms with Gasteiger partial charge in [-0.3, -0.25) is 4.68 Å². The van der Waals surface area contributed by atoms with Crippen molar-refractivity contribution in [2.45, 2.75) is 13.0 Å². The number of hydrogen-bond acceptors (Lipinski definition) is 2. The van der Waals surface area contributed by atoms with E-state index >= 15 is 0 Å². The maximum atomic E-state index is 5.70. The number of halogens is 2. The molecule has 0 unspecified atom stereocenters. The molecule has 1 aliphatic heterocycles. The van der Waals surface area contributed by atoms with Crippen LogP contribution in [-0.2, 0) is 13.0 Å². The summed E-state index contributed by atoms with van der Waals surface area (Å²) in [5.41, 5.74) is 2.47. The van der Waals surface area contributed by atoms with Crippen molar-refractivity contribution in [1.82, 2.24) is 9.78 Å². The largest absolute Gasteiger partial charge is 0.493 e. The van der Waals surface area contributed by atoms with Gasteiger partial charge in [0, 0.05) is 22.7 Å². The average molecular weight is 405 g/mol. The van der Waals surface area contributed by atoms with E-state index in [0.29, 0.717) is 0 Å². The predicted molar refractivity (Wildman–Crippen MR) is 77.4 cm³/mol. The molecule has 3 nitrogen and oxygen atoms in total. The minimum Gasteiger partial charge on any atom is -0.493 e. The van der Waals surface area contributed by atoms with Gasteiger partial charge in [0.15, 0.2) is 0 Å². The van der Waals surface area contributed by atoms with Crippen molar-refractivity contribution >= 4 is 38.5 Å². The summed E-state index contributed by atoms with van der Waals surface area (Å²) in [5, 5.41) is 4.30. The number of benzene rings is 1. The van der Waals surface area contributed by atoms with Crippen molar-refractivity contribution in [1.29, 1.82) is 0 Å². The molecular formula is C12H10BrIN2O. The standard InChI is InChI=1S/C12H10BrIN2O/c13-10-3-8-1-2-17-12(8)9(4-10)6-16-7-11(14)5-15-16/h3-5,7H,1-2,6H2. The topological polar surface area (TPSA) is 27.1 Å². The van der Waals surface area contributed by atoms with Gasteiger partial charge < -0.3 is 4.74 Å². The van der Waals surface area contributed by atoms with Gasteiger partial charge in [0.25, 0.3) is 0 Å². The molecule has 0 spiro atoms. The fourth-order valence-electron chi connectivity index (χ4n) is 2.06. The summed E-state index contributed by atoms with van der Waals surface area (Å²) >= 11 is 5.81. The molecule has 17 heavy (non-hydrogen) atoms. The SMILES string of the molecule is Brc1cc2c(c(Cn3cc(I)cn3)c1)OCC2. The van der Waals surface area contributed by atoms with E-state index in [1.807, 2.05) is 17.1 Å². The Morgan fingerprint density at radius 3 is 3.12 bits per heavy atom. The Hall–Kier alpha value is -0.560. The summed E-state index contributed by atoms with van der Waals surface area (Å²) in [6.07, 6.45) is 4.89. The van der Waals surface area contributed by atoms with Crippen LogP contribution in [0.2, 0.25) is 0 Å². The van der Waals surface area contributed by atoms with E-state index in [-0.39, 0.29) is 0 Å². The van der Waals surface area contributed by atoms with Gasteiger partial charge in [-0.25, -0.2) is 0 Å². The number of nitrogens with zero attached hydrogens (tertiary/aromatic N) is 2. The highest BCUT2D eigenvalue weighted by molar-refractivity contribution is 14.1. The smallest absolute Gasteiger partial charge is 0.127 e. The molecule has 0 saturated carbocycles. The first-order chi connectivity index (χ1) is 8.22. The second kappa shape index (κ2) is 4.61. The summed E-state index contributed by atoms with van der Waals surface area (Å²) in [4.78, 5) is 0. The first-order valence-corrected chi connectivity index (χ1v) is 7.21. The molecule has 5 heteroatoms. The highest BCUT2D eigenvalue weighted by Gasteiger charge is 2.17. The molecule has 0 saturated heterocycles. The van der Waals surface area contributed by atoms with Crippen molar-refractivity contribution in [3.8, 4) is 5.75 Å². The third-order valence-corrected chi connectivity index (χ3v) is 3.77. The first kappa shape index (κ1) is 11.5. The lowest BCUT2D eigenvalue weighted by atomic mass is 10.1. The molecule has 88 valence electrons. The van der Waals surface area contributed by atoms with Gasteiger partial charge in [0.05, 0.1) is 22.9 Å². The maximum Gasteiger partial charge on any atom is 0.127 e. The fourth-order valence-corrected chi connectivity index (χ4v) is 3.06. The van der Waals surface area contributed by atoms with E-state index in [1.54, 1.807) is 0 Å². The molecule has 0 radical (unpaired) electrons. The number of rotatable bonds is 2. The van der Waals surface area contributed by atoms with E-state index < -0.39 is 0 Å². The summed E-state index contributed by atoms with van der Waals surface area (Å²) < 4.78 is 9.89. The van der Waals surface area contributed by atoms with E-state index in [1.165, 1.54) is 11.1 Å². The van der Waals surface area contributed by atoms with E-state index in [4.69, 9.17) is 4.74 Å². The molecule has 2 aromatic rings. The van der Waals surface area contributed by atoms with Crippen molar-refractivity contribution in [3.05, 3.63) is 43.7 Å². The molecule has 0 amide bonds. The molecule has 0 aliphatic carbocycles. The Morgan fingerprint density at radius 1 is 1.47 bits per heavy atom. The van der Waals surface area contributed by atoms with Crippen LogP contribution in [0.1, 0.15) is 11.1 Å². The van der Waals surface area contributed by atoms with Gasteiger partial charge >= 0.3 is 0 Å². The summed E-state index contributed by atoms with van der Waals surface area (Å²) in [5.74, 6) is 1.04. The van der Waals surface area contributed by atoms with Crippen LogP contribution >= 0.6 is 38.5 Å². The van der Waals surface area contributed by atoms with Gasteiger partial charge in [-0.05, 0) is 40.3 Å². The van der Waals surface area contributed by atoms with Gasteiger partial charge in [-0.2, -0.15) is 5.10 Å². The summed E-state index contributed by atoms with van der Waals surface area (Å²) in [7, 11) is 0. The Bertz CT molecular complexity index is 568. The highest BCUT2D eigenvalue weighted by atomic mass is 127. The monoisotopic (exact) mass is 404 g/mol. The fraction of sp³-hybridized carbons (Fsp3) is 0.250. The Labute approximate surface area is 121 Å². The second-order valence-electron chi connectivity index (χ2n) is 4.01. The number of ether oxygens (including phenoxy) is 1. The van der Waals surface area contributed by atoms with E-state index in [0.717, 1.165) is 33.4 Å². The van der Waals surface area contributed by atoms with E-state index in [9.17, 15) is 0 Å². The quantitative estimate of drug-likeness (QED) is 0.718. The van der Waals surface area contributed by atoms with Crippen molar-refractivity contribution in [3.63, 3.8) is 0 Å². The first-order valence-electron chi connectivity index (χ1n) is 5.34. The average Bonchev–Trinajstić information content (AvgIpc) is 2.87. The molecule has 0 bridgehead atoms. The Morgan fingerprint density at radius 2 is 2.35 bits per heavy atom. The Kier molecular flexibility index (Phi) is 3.12. The van der Waals surface area contributed by atoms with Crippen LogP contribution in [0.25, 0.3) is 0 Å². The van der Waals surface area contributed by atoms with Crippen molar-refractivity contribution in [2.24, 2.45) is 0 Å². The van der Waals surface area contributed by atoms with Crippen molar-refractivity contribution < 1.29 is 4.74 Å². The minimum absolute atomic E-state index is 0.755. The zero-order valence-corrected chi connectivity index (χ0v) is 12.7. The summed E-state index contributed by atoms with van der Waals surface area (Å²) in [6.45, 7) is 1.54. The van der Waals surface area contributed by atoms with Crippen LogP contribution in [0.3, 0.4) is 0 Å². The Balaban J connectivity index is 1.98. The molecule has 1 aromatic carbocycles. The lowest BCUT2D eigenvalue weighted by molar-refractivity contribution is 0.352. The van der Waals surface area contributed by atoms with Crippen LogP contribution < -0.4 is 4.74 Å². The predicted octanol–water partition coefficient (Wildman–Crippen LogP) is 3.23. The molecular weight excluding hydrogens is 395 g/mol. The maximum absolute atomic E-state index is 5.70. The van der Waals surface area contributed by atoms with Crippen LogP contribution in [0.5, 0.6) is 5.75 Å². The van der Waals surface area contributed by atoms with Crippen LogP contribution in [0.4, 0.5) is 0 Å². The molecule has 2 heterocycles. The molecule has 0 atom stereocenters. The molecule has 1 aromatic heterocycles. The number of aromatic nitrogens is 2. The van der Waals surface area contributed by atoms with Crippen LogP contribution in [-0.4, -0.2) is 16.4 Å². The highest BCUT2D eigenvalue weighted by Crippen LogP contribution is 2.33. The lowest BCUT2D eigenvalue weighted by Crippen LogP contribution is -2.02. The summed E-state index contributed by atoms with van der Waals surface area (Å²) in [6, 6.07) is 4.25. The van der Waals surface area contributed by atoms with Gasteiger partial charge in [-0.1, -0.05) is 15.9 Å². The zero-order chi connectivity index (χ0) is 11.8. The van der Waals surface area contributed by atoms with Gasteiger partial charge in [0.2, 0.25) is 0 Å². The molecule has 3 rings (SSSR count). The lowest BCUT2D eigenvalue weighted by Gasteiger charge is -2.09. The van der Waals surface area contributed by atoms with Crippen LogP contribution in [0.15, 0.2) is 29.0 Å². The normalized spacial score (nSPS) is 13.5. The minimum atomic E-state index is 0.755. The third kappa shape index (κ3) is 2.35. The number of fused-ring (bicyclic) bond motifs is 1. The van der Waals surface area contributed by atoms with Crippen LogP contribution in [0, 0.1) is 3.57 Å². The molecule has 0 fully saturated rings.